The van der Waals surface area contributed by atoms with Crippen LogP contribution in [0.15, 0.2) is 0 Å². The Bertz CT molecular complexity index is 286. The summed E-state index contributed by atoms with van der Waals surface area (Å²) in [6, 6.07) is 0.764. The second kappa shape index (κ2) is 6.81. The Morgan fingerprint density at radius 3 is 2.25 bits per heavy atom. The summed E-state index contributed by atoms with van der Waals surface area (Å²) in [5.74, 6) is 3.66. The molecule has 2 saturated carbocycles. The van der Waals surface area contributed by atoms with Gasteiger partial charge in [-0.2, -0.15) is 0 Å². The summed E-state index contributed by atoms with van der Waals surface area (Å²) < 4.78 is 0. The second-order valence-electron chi connectivity index (χ2n) is 8.60. The molecule has 4 atom stereocenters. The van der Waals surface area contributed by atoms with Crippen LogP contribution in [0.4, 0.5) is 0 Å². The normalized spacial score (nSPS) is 39.5. The van der Waals surface area contributed by atoms with E-state index in [2.05, 4.69) is 39.9 Å². The Hall–Kier alpha value is -0.0400. The smallest absolute Gasteiger partial charge is 0.0129 e. The highest BCUT2D eigenvalue weighted by Gasteiger charge is 2.41. The zero-order valence-electron chi connectivity index (χ0n) is 14.5. The van der Waals surface area contributed by atoms with E-state index in [1.54, 1.807) is 0 Å². The second-order valence-corrected chi connectivity index (χ2v) is 8.60. The van der Waals surface area contributed by atoms with Crippen molar-refractivity contribution in [2.45, 2.75) is 85.6 Å². The topological polar surface area (TPSA) is 12.0 Å². The number of rotatable bonds is 4. The number of hydrogen-bond donors (Lipinski definition) is 1. The SMILES string of the molecule is CCNC(C1CC(C)CC(C)C1)C1CCCCC1(C)C. The van der Waals surface area contributed by atoms with Gasteiger partial charge in [0.15, 0.2) is 0 Å². The first-order valence-electron chi connectivity index (χ1n) is 9.17. The van der Waals surface area contributed by atoms with Gasteiger partial charge in [-0.25, -0.2) is 0 Å². The summed E-state index contributed by atoms with van der Waals surface area (Å²) in [5, 5.41) is 3.92. The van der Waals surface area contributed by atoms with Crippen molar-refractivity contribution in [3.05, 3.63) is 0 Å². The fourth-order valence-corrected chi connectivity index (χ4v) is 5.36. The van der Waals surface area contributed by atoms with Crippen LogP contribution in [0.1, 0.15) is 79.6 Å². The van der Waals surface area contributed by atoms with Crippen LogP contribution >= 0.6 is 0 Å². The Kier molecular flexibility index (Phi) is 5.56. The fraction of sp³-hybridized carbons (Fsp3) is 1.00. The molecule has 0 aromatic rings. The maximum absolute atomic E-state index is 3.92. The summed E-state index contributed by atoms with van der Waals surface area (Å²) in [7, 11) is 0. The lowest BCUT2D eigenvalue weighted by atomic mass is 9.61. The average molecular weight is 280 g/mol. The van der Waals surface area contributed by atoms with E-state index in [1.165, 1.54) is 44.9 Å². The van der Waals surface area contributed by atoms with Crippen LogP contribution in [0.2, 0.25) is 0 Å². The van der Waals surface area contributed by atoms with Gasteiger partial charge in [0.25, 0.3) is 0 Å². The van der Waals surface area contributed by atoms with Gasteiger partial charge < -0.3 is 5.32 Å². The lowest BCUT2D eigenvalue weighted by Gasteiger charge is -2.48. The molecule has 118 valence electrons. The fourth-order valence-electron chi connectivity index (χ4n) is 5.36. The molecular formula is C19H37N. The van der Waals surface area contributed by atoms with Crippen molar-refractivity contribution in [3.8, 4) is 0 Å². The predicted octanol–water partition coefficient (Wildman–Crippen LogP) is 5.25. The van der Waals surface area contributed by atoms with Gasteiger partial charge in [-0.05, 0) is 67.7 Å². The summed E-state index contributed by atoms with van der Waals surface area (Å²) in [6.45, 7) is 13.4. The first-order chi connectivity index (χ1) is 9.44. The minimum Gasteiger partial charge on any atom is -0.314 e. The molecule has 0 aliphatic heterocycles. The van der Waals surface area contributed by atoms with E-state index in [4.69, 9.17) is 0 Å². The van der Waals surface area contributed by atoms with Crippen molar-refractivity contribution < 1.29 is 0 Å². The third kappa shape index (κ3) is 3.78. The first-order valence-corrected chi connectivity index (χ1v) is 9.17. The van der Waals surface area contributed by atoms with Gasteiger partial charge in [-0.1, -0.05) is 47.5 Å². The summed E-state index contributed by atoms with van der Waals surface area (Å²) in [6.07, 6.45) is 10.1. The lowest BCUT2D eigenvalue weighted by Crippen LogP contribution is -2.50. The number of hydrogen-bond acceptors (Lipinski definition) is 1. The van der Waals surface area contributed by atoms with Gasteiger partial charge in [-0.15, -0.1) is 0 Å². The molecule has 2 rings (SSSR count). The van der Waals surface area contributed by atoms with Gasteiger partial charge in [0, 0.05) is 6.04 Å². The monoisotopic (exact) mass is 279 g/mol. The van der Waals surface area contributed by atoms with Crippen molar-refractivity contribution in [2.24, 2.45) is 29.1 Å². The zero-order chi connectivity index (χ0) is 14.8. The molecule has 0 radical (unpaired) electrons. The molecule has 0 spiro atoms. The maximum Gasteiger partial charge on any atom is 0.0129 e. The van der Waals surface area contributed by atoms with Crippen molar-refractivity contribution in [2.75, 3.05) is 6.54 Å². The van der Waals surface area contributed by atoms with E-state index < -0.39 is 0 Å². The molecule has 2 aliphatic carbocycles. The molecule has 0 bridgehead atoms. The van der Waals surface area contributed by atoms with E-state index in [9.17, 15) is 0 Å². The average Bonchev–Trinajstić information content (AvgIpc) is 2.35. The molecule has 4 unspecified atom stereocenters. The van der Waals surface area contributed by atoms with Gasteiger partial charge in [0.2, 0.25) is 0 Å². The van der Waals surface area contributed by atoms with Crippen LogP contribution in [0.25, 0.3) is 0 Å². The highest BCUT2D eigenvalue weighted by atomic mass is 14.9. The van der Waals surface area contributed by atoms with Crippen LogP contribution in [-0.4, -0.2) is 12.6 Å². The minimum atomic E-state index is 0.537. The predicted molar refractivity (Wildman–Crippen MR) is 88.9 cm³/mol. The molecule has 1 heteroatoms. The van der Waals surface area contributed by atoms with Crippen molar-refractivity contribution in [1.29, 1.82) is 0 Å². The van der Waals surface area contributed by atoms with Crippen LogP contribution < -0.4 is 5.32 Å². The van der Waals surface area contributed by atoms with Gasteiger partial charge in [0.05, 0.1) is 0 Å². The molecule has 0 heterocycles. The molecule has 0 saturated heterocycles. The Morgan fingerprint density at radius 2 is 1.70 bits per heavy atom. The summed E-state index contributed by atoms with van der Waals surface area (Å²) in [5.41, 5.74) is 0.537. The Labute approximate surface area is 127 Å². The Balaban J connectivity index is 2.12. The molecule has 2 fully saturated rings. The highest BCUT2D eigenvalue weighted by Crippen LogP contribution is 2.46. The molecule has 0 amide bonds. The van der Waals surface area contributed by atoms with Crippen LogP contribution in [0, 0.1) is 29.1 Å². The quantitative estimate of drug-likeness (QED) is 0.741. The van der Waals surface area contributed by atoms with Crippen LogP contribution in [0.3, 0.4) is 0 Å². The lowest BCUT2D eigenvalue weighted by molar-refractivity contribution is 0.0487. The third-order valence-corrected chi connectivity index (χ3v) is 6.19. The van der Waals surface area contributed by atoms with E-state index >= 15 is 0 Å². The van der Waals surface area contributed by atoms with Crippen molar-refractivity contribution in [3.63, 3.8) is 0 Å². The largest absolute Gasteiger partial charge is 0.314 e. The molecule has 2 aliphatic rings. The third-order valence-electron chi connectivity index (χ3n) is 6.19. The maximum atomic E-state index is 3.92. The van der Waals surface area contributed by atoms with E-state index in [0.29, 0.717) is 5.41 Å². The zero-order valence-corrected chi connectivity index (χ0v) is 14.5. The van der Waals surface area contributed by atoms with Crippen molar-refractivity contribution >= 4 is 0 Å². The van der Waals surface area contributed by atoms with E-state index in [-0.39, 0.29) is 0 Å². The number of nitrogens with one attached hydrogen (secondary N) is 1. The molecule has 1 N–H and O–H groups in total. The summed E-state index contributed by atoms with van der Waals surface area (Å²) >= 11 is 0. The molecular weight excluding hydrogens is 242 g/mol. The van der Waals surface area contributed by atoms with Crippen LogP contribution in [0.5, 0.6) is 0 Å². The standard InChI is InChI=1S/C19H37N/c1-6-20-18(16-12-14(2)11-15(3)13-16)17-9-7-8-10-19(17,4)5/h14-18,20H,6-13H2,1-5H3. The highest BCUT2D eigenvalue weighted by molar-refractivity contribution is 4.95. The van der Waals surface area contributed by atoms with Gasteiger partial charge >= 0.3 is 0 Å². The molecule has 0 aromatic carbocycles. The van der Waals surface area contributed by atoms with Crippen LogP contribution in [-0.2, 0) is 0 Å². The minimum absolute atomic E-state index is 0.537. The molecule has 20 heavy (non-hydrogen) atoms. The molecule has 0 aromatic heterocycles. The molecule has 1 nitrogen and oxygen atoms in total. The van der Waals surface area contributed by atoms with E-state index in [0.717, 1.165) is 36.3 Å². The summed E-state index contributed by atoms with van der Waals surface area (Å²) in [4.78, 5) is 0. The van der Waals surface area contributed by atoms with Gasteiger partial charge in [0.1, 0.15) is 0 Å². The van der Waals surface area contributed by atoms with Gasteiger partial charge in [-0.3, -0.25) is 0 Å². The first kappa shape index (κ1) is 16.3. The van der Waals surface area contributed by atoms with Crippen molar-refractivity contribution in [1.82, 2.24) is 5.32 Å². The van der Waals surface area contributed by atoms with E-state index in [1.807, 2.05) is 0 Å². The Morgan fingerprint density at radius 1 is 1.05 bits per heavy atom.